The normalized spacial score (nSPS) is 12.1. The van der Waals surface area contributed by atoms with E-state index in [0.717, 1.165) is 49.6 Å². The molecule has 0 spiro atoms. The Bertz CT molecular complexity index is 1050. The third-order valence-corrected chi connectivity index (χ3v) is 6.13. The number of amidine groups is 1. The third-order valence-electron chi connectivity index (χ3n) is 4.92. The molecule has 3 aromatic rings. The van der Waals surface area contributed by atoms with Gasteiger partial charge in [0.15, 0.2) is 5.84 Å². The van der Waals surface area contributed by atoms with E-state index in [0.29, 0.717) is 5.84 Å². The predicted molar refractivity (Wildman–Crippen MR) is 140 cm³/mol. The summed E-state index contributed by atoms with van der Waals surface area (Å²) in [6, 6.07) is 16.2. The first-order valence-corrected chi connectivity index (χ1v) is 12.3. The number of aryl methyl sites for hydroxylation is 1. The van der Waals surface area contributed by atoms with Crippen molar-refractivity contribution in [1.29, 1.82) is 0 Å². The van der Waals surface area contributed by atoms with Crippen LogP contribution < -0.4 is 5.43 Å². The number of hydrogen-bond donors (Lipinski definition) is 1. The number of aromatic nitrogens is 1. The lowest BCUT2D eigenvalue weighted by atomic mass is 10.1. The molecule has 4 nitrogen and oxygen atoms in total. The molecule has 3 rings (SSSR count). The molecule has 0 saturated carbocycles. The Kier molecular flexibility index (Phi) is 9.22. The Balaban J connectivity index is 1.85. The zero-order valence-corrected chi connectivity index (χ0v) is 21.2. The van der Waals surface area contributed by atoms with Gasteiger partial charge < -0.3 is 0 Å². The molecule has 0 aliphatic carbocycles. The molecule has 0 unspecified atom stereocenters. The fraction of sp³-hybridized carbons (Fsp3) is 0.320. The number of rotatable bonds is 9. The number of para-hydroxylation sites is 1. The van der Waals surface area contributed by atoms with E-state index in [4.69, 9.17) is 9.98 Å². The standard InChI is InChI=1S/C25H28Br2N4/c1-3-4-5-6-7-10-15-28-31-25(30-24-20(26)16-18(2)17-21(24)27)23-14-13-19-11-8-9-12-22(19)29-23/h8-9,11-17H,3-7,10H2,1-2H3,(H,30,31). The smallest absolute Gasteiger partial charge is 0.173 e. The van der Waals surface area contributed by atoms with E-state index in [1.807, 2.05) is 30.5 Å². The summed E-state index contributed by atoms with van der Waals surface area (Å²) >= 11 is 7.28. The van der Waals surface area contributed by atoms with Crippen molar-refractivity contribution < 1.29 is 0 Å². The van der Waals surface area contributed by atoms with Gasteiger partial charge >= 0.3 is 0 Å². The second-order valence-electron chi connectivity index (χ2n) is 7.55. The first-order valence-electron chi connectivity index (χ1n) is 10.8. The van der Waals surface area contributed by atoms with Gasteiger partial charge in [-0.2, -0.15) is 5.10 Å². The van der Waals surface area contributed by atoms with Gasteiger partial charge in [0.25, 0.3) is 0 Å². The summed E-state index contributed by atoms with van der Waals surface area (Å²) in [5.74, 6) is 0.609. The van der Waals surface area contributed by atoms with Gasteiger partial charge in [-0.05, 0) is 81.5 Å². The predicted octanol–water partition coefficient (Wildman–Crippen LogP) is 8.08. The topological polar surface area (TPSA) is 49.6 Å². The Morgan fingerprint density at radius 2 is 1.74 bits per heavy atom. The maximum absolute atomic E-state index is 4.87. The molecule has 0 amide bonds. The number of aliphatic imine (C=N–C) groups is 1. The average Bonchev–Trinajstić information content (AvgIpc) is 2.76. The van der Waals surface area contributed by atoms with Crippen molar-refractivity contribution in [3.63, 3.8) is 0 Å². The van der Waals surface area contributed by atoms with Crippen molar-refractivity contribution >= 4 is 60.5 Å². The summed E-state index contributed by atoms with van der Waals surface area (Å²) < 4.78 is 1.83. The Morgan fingerprint density at radius 3 is 2.52 bits per heavy atom. The lowest BCUT2D eigenvalue weighted by molar-refractivity contribution is 0.644. The van der Waals surface area contributed by atoms with Crippen LogP contribution in [-0.4, -0.2) is 17.0 Å². The van der Waals surface area contributed by atoms with E-state index in [9.17, 15) is 0 Å². The number of halogens is 2. The monoisotopic (exact) mass is 542 g/mol. The quantitative estimate of drug-likeness (QED) is 0.128. The minimum absolute atomic E-state index is 0.609. The van der Waals surface area contributed by atoms with Crippen molar-refractivity contribution in [2.24, 2.45) is 10.1 Å². The minimum Gasteiger partial charge on any atom is -0.260 e. The average molecular weight is 544 g/mol. The number of unbranched alkanes of at least 4 members (excludes halogenated alkanes) is 5. The number of pyridine rings is 1. The van der Waals surface area contributed by atoms with E-state index in [1.54, 1.807) is 0 Å². The molecule has 0 bridgehead atoms. The lowest BCUT2D eigenvalue weighted by Crippen LogP contribution is -2.20. The molecule has 0 radical (unpaired) electrons. The molecular weight excluding hydrogens is 516 g/mol. The van der Waals surface area contributed by atoms with E-state index in [-0.39, 0.29) is 0 Å². The first kappa shape index (κ1) is 23.6. The van der Waals surface area contributed by atoms with Gasteiger partial charge in [0.05, 0.1) is 11.2 Å². The summed E-state index contributed by atoms with van der Waals surface area (Å²) in [6.07, 6.45) is 9.14. The van der Waals surface area contributed by atoms with Crippen molar-refractivity contribution in [2.75, 3.05) is 0 Å². The molecule has 162 valence electrons. The zero-order chi connectivity index (χ0) is 22.1. The van der Waals surface area contributed by atoms with E-state index in [1.165, 1.54) is 25.7 Å². The van der Waals surface area contributed by atoms with Crippen molar-refractivity contribution in [3.05, 3.63) is 68.7 Å². The molecule has 1 aromatic heterocycles. The van der Waals surface area contributed by atoms with Crippen LogP contribution in [0.15, 0.2) is 67.6 Å². The number of hydrogen-bond acceptors (Lipinski definition) is 3. The van der Waals surface area contributed by atoms with Crippen molar-refractivity contribution in [2.45, 2.75) is 52.4 Å². The van der Waals surface area contributed by atoms with Gasteiger partial charge in [0, 0.05) is 20.5 Å². The highest BCUT2D eigenvalue weighted by Crippen LogP contribution is 2.35. The van der Waals surface area contributed by atoms with E-state index in [2.05, 4.69) is 80.5 Å². The maximum Gasteiger partial charge on any atom is 0.173 e. The second-order valence-corrected chi connectivity index (χ2v) is 9.26. The number of nitrogens with zero attached hydrogens (tertiary/aromatic N) is 3. The van der Waals surface area contributed by atoms with Gasteiger partial charge in [-0.3, -0.25) is 5.43 Å². The highest BCUT2D eigenvalue weighted by molar-refractivity contribution is 9.11. The van der Waals surface area contributed by atoms with Crippen molar-refractivity contribution in [3.8, 4) is 0 Å². The summed E-state index contributed by atoms with van der Waals surface area (Å²) in [7, 11) is 0. The van der Waals surface area contributed by atoms with Gasteiger partial charge in [0.1, 0.15) is 5.69 Å². The largest absolute Gasteiger partial charge is 0.260 e. The number of benzene rings is 2. The zero-order valence-electron chi connectivity index (χ0n) is 18.0. The van der Waals surface area contributed by atoms with Crippen LogP contribution in [0.1, 0.15) is 56.7 Å². The van der Waals surface area contributed by atoms with Crippen LogP contribution in [0.4, 0.5) is 5.69 Å². The SMILES string of the molecule is CCCCCCCC=NNC(=Nc1c(Br)cc(C)cc1Br)c1ccc2ccccc2n1. The van der Waals surface area contributed by atoms with Crippen LogP contribution in [0.3, 0.4) is 0 Å². The van der Waals surface area contributed by atoms with Crippen LogP contribution in [0.25, 0.3) is 10.9 Å². The van der Waals surface area contributed by atoms with Crippen LogP contribution >= 0.6 is 31.9 Å². The fourth-order valence-corrected chi connectivity index (χ4v) is 4.85. The van der Waals surface area contributed by atoms with Gasteiger partial charge in [-0.15, -0.1) is 0 Å². The van der Waals surface area contributed by atoms with E-state index >= 15 is 0 Å². The third kappa shape index (κ3) is 6.97. The molecule has 0 fully saturated rings. The molecule has 0 aliphatic rings. The minimum atomic E-state index is 0.609. The molecule has 6 heteroatoms. The van der Waals surface area contributed by atoms with E-state index < -0.39 is 0 Å². The fourth-order valence-electron chi connectivity index (χ4n) is 3.26. The molecule has 0 aliphatic heterocycles. The number of fused-ring (bicyclic) bond motifs is 1. The maximum atomic E-state index is 4.87. The molecule has 1 heterocycles. The number of nitrogens with one attached hydrogen (secondary N) is 1. The van der Waals surface area contributed by atoms with Gasteiger partial charge in [-0.1, -0.05) is 56.9 Å². The number of hydrazone groups is 1. The van der Waals surface area contributed by atoms with Crippen LogP contribution in [0.2, 0.25) is 0 Å². The molecule has 1 N–H and O–H groups in total. The molecule has 31 heavy (non-hydrogen) atoms. The van der Waals surface area contributed by atoms with Crippen LogP contribution in [-0.2, 0) is 0 Å². The summed E-state index contributed by atoms with van der Waals surface area (Å²) in [6.45, 7) is 4.29. The molecular formula is C25H28Br2N4. The highest BCUT2D eigenvalue weighted by Gasteiger charge is 2.11. The van der Waals surface area contributed by atoms with Gasteiger partial charge in [0.2, 0.25) is 0 Å². The van der Waals surface area contributed by atoms with Gasteiger partial charge in [-0.25, -0.2) is 9.98 Å². The molecule has 0 atom stereocenters. The molecule has 0 saturated heterocycles. The Hall–Kier alpha value is -2.05. The van der Waals surface area contributed by atoms with Crippen LogP contribution in [0, 0.1) is 6.92 Å². The van der Waals surface area contributed by atoms with Crippen molar-refractivity contribution in [1.82, 2.24) is 10.4 Å². The first-order chi connectivity index (χ1) is 15.1. The molecule has 2 aromatic carbocycles. The lowest BCUT2D eigenvalue weighted by Gasteiger charge is -2.10. The van der Waals surface area contributed by atoms with Crippen LogP contribution in [0.5, 0.6) is 0 Å². The summed E-state index contributed by atoms with van der Waals surface area (Å²) in [4.78, 5) is 9.67. The summed E-state index contributed by atoms with van der Waals surface area (Å²) in [5.41, 5.74) is 6.76. The Labute approximate surface area is 201 Å². The summed E-state index contributed by atoms with van der Waals surface area (Å²) in [5, 5.41) is 5.54. The highest BCUT2D eigenvalue weighted by atomic mass is 79.9. The Morgan fingerprint density at radius 1 is 1.00 bits per heavy atom. The second kappa shape index (κ2) is 12.1.